The predicted octanol–water partition coefficient (Wildman–Crippen LogP) is 5.52. The van der Waals surface area contributed by atoms with Crippen molar-refractivity contribution in [2.45, 2.75) is 12.9 Å². The molecule has 3 aromatic carbocycles. The molecule has 1 fully saturated rings. The Bertz CT molecular complexity index is 1440. The number of alkyl halides is 3. The van der Waals surface area contributed by atoms with Gasteiger partial charge in [0.1, 0.15) is 5.75 Å². The number of halogens is 3. The van der Waals surface area contributed by atoms with Gasteiger partial charge in [-0.05, 0) is 53.1 Å². The molecule has 0 bridgehead atoms. The lowest BCUT2D eigenvalue weighted by Gasteiger charge is -2.42. The van der Waals surface area contributed by atoms with Crippen molar-refractivity contribution < 1.29 is 35.4 Å². The first-order valence-electron chi connectivity index (χ1n) is 11.7. The molecule has 0 aromatic heterocycles. The average molecular weight is 570 g/mol. The molecule has 0 radical (unpaired) electrons. The molecule has 2 aliphatic rings. The number of hydrogen-bond donors (Lipinski definition) is 2. The van der Waals surface area contributed by atoms with Crippen molar-refractivity contribution in [2.75, 3.05) is 45.2 Å². The van der Waals surface area contributed by atoms with E-state index in [4.69, 9.17) is 0 Å². The molecule has 0 spiro atoms. The Labute approximate surface area is 220 Å². The van der Waals surface area contributed by atoms with Gasteiger partial charge in [-0.1, -0.05) is 30.3 Å². The van der Waals surface area contributed by atoms with Gasteiger partial charge < -0.3 is 9.64 Å². The molecule has 204 valence electrons. The second-order valence-electron chi connectivity index (χ2n) is 9.12. The Morgan fingerprint density at radius 3 is 2.21 bits per heavy atom. The second-order valence-corrected chi connectivity index (χ2v) is 13.4. The molecule has 1 saturated heterocycles. The summed E-state index contributed by atoms with van der Waals surface area (Å²) in [6, 6.07) is 18.2. The summed E-state index contributed by atoms with van der Waals surface area (Å²) in [4.78, 5) is 2.10. The summed E-state index contributed by atoms with van der Waals surface area (Å²) in [5.41, 5.74) is 4.08. The number of nitrogens with zero attached hydrogens (tertiary/aromatic N) is 3. The number of fused-ring (bicyclic) bond motifs is 1. The highest BCUT2D eigenvalue weighted by molar-refractivity contribution is 8.24. The normalized spacial score (nSPS) is 19.3. The highest BCUT2D eigenvalue weighted by Crippen LogP contribution is 2.44. The van der Waals surface area contributed by atoms with Crippen LogP contribution in [0, 0.1) is 0 Å². The van der Waals surface area contributed by atoms with Crippen LogP contribution in [-0.2, 0) is 16.8 Å². The molecule has 0 atom stereocenters. The van der Waals surface area contributed by atoms with Crippen LogP contribution in [0.25, 0.3) is 11.1 Å². The molecule has 0 unspecified atom stereocenters. The first kappa shape index (κ1) is 26.5. The van der Waals surface area contributed by atoms with Crippen LogP contribution in [-0.4, -0.2) is 55.5 Å². The number of rotatable bonds is 5. The van der Waals surface area contributed by atoms with Gasteiger partial charge in [0.25, 0.3) is 0 Å². The molecule has 8 nitrogen and oxygen atoms in total. The zero-order valence-corrected chi connectivity index (χ0v) is 21.9. The number of benzene rings is 3. The van der Waals surface area contributed by atoms with Crippen molar-refractivity contribution in [3.8, 4) is 16.9 Å². The van der Waals surface area contributed by atoms with Gasteiger partial charge in [0.2, 0.25) is 0 Å². The van der Waals surface area contributed by atoms with Crippen molar-refractivity contribution >= 4 is 37.9 Å². The van der Waals surface area contributed by atoms with Crippen LogP contribution in [0.4, 0.5) is 30.2 Å². The highest BCUT2D eigenvalue weighted by Gasteiger charge is 2.38. The first-order valence-corrected chi connectivity index (χ1v) is 14.9. The molecular weight excluding hydrogens is 543 g/mol. The maximum Gasteiger partial charge on any atom is 0.573 e. The maximum absolute atomic E-state index is 13.2. The Kier molecular flexibility index (Phi) is 6.66. The molecule has 0 saturated carbocycles. The third kappa shape index (κ3) is 5.37. The van der Waals surface area contributed by atoms with Crippen LogP contribution in [0.1, 0.15) is 5.56 Å². The quantitative estimate of drug-likeness (QED) is 0.420. The van der Waals surface area contributed by atoms with Crippen LogP contribution in [0.2, 0.25) is 0 Å². The Morgan fingerprint density at radius 2 is 1.55 bits per heavy atom. The number of hydrogen-bond acceptors (Lipinski definition) is 6. The minimum absolute atomic E-state index is 0.0606. The van der Waals surface area contributed by atoms with E-state index in [0.29, 0.717) is 41.5 Å². The van der Waals surface area contributed by atoms with E-state index >= 15 is 0 Å². The Hall–Kier alpha value is -3.13. The zero-order chi connectivity index (χ0) is 27.3. The van der Waals surface area contributed by atoms with Gasteiger partial charge in [0.05, 0.1) is 29.4 Å². The third-order valence-electron chi connectivity index (χ3n) is 6.61. The standard InChI is InChI=1S/C25H26F3N3O5S2/c1-29-24-16-20(19-3-2-4-21(15-19)30-11-13-37(32,33)14-12-30)7-10-23(24)31(38(29,34)35)17-18-5-8-22(9-6-18)36-25(26,27)28/h2-10,15-16,32-33H,11-14,17H2,1H3. The summed E-state index contributed by atoms with van der Waals surface area (Å²) >= 11 is 0. The average Bonchev–Trinajstić information content (AvgIpc) is 3.04. The lowest BCUT2D eigenvalue weighted by Crippen LogP contribution is -2.38. The molecule has 0 amide bonds. The van der Waals surface area contributed by atoms with Crippen LogP contribution < -0.4 is 18.2 Å². The number of anilines is 3. The van der Waals surface area contributed by atoms with Crippen LogP contribution >= 0.6 is 10.6 Å². The van der Waals surface area contributed by atoms with E-state index < -0.39 is 27.2 Å². The van der Waals surface area contributed by atoms with Crippen molar-refractivity contribution in [1.82, 2.24) is 0 Å². The van der Waals surface area contributed by atoms with E-state index in [1.807, 2.05) is 30.3 Å². The smallest absolute Gasteiger partial charge is 0.406 e. The molecule has 2 heterocycles. The number of ether oxygens (including phenoxy) is 1. The van der Waals surface area contributed by atoms with Crippen LogP contribution in [0.5, 0.6) is 5.75 Å². The summed E-state index contributed by atoms with van der Waals surface area (Å²) in [7, 11) is -4.94. The van der Waals surface area contributed by atoms with Gasteiger partial charge in [0, 0.05) is 25.8 Å². The van der Waals surface area contributed by atoms with E-state index in [0.717, 1.165) is 28.9 Å². The minimum atomic E-state index is -4.81. The lowest BCUT2D eigenvalue weighted by molar-refractivity contribution is -0.274. The second kappa shape index (κ2) is 9.56. The fourth-order valence-corrected chi connectivity index (χ4v) is 7.19. The fourth-order valence-electron chi connectivity index (χ4n) is 4.56. The summed E-state index contributed by atoms with van der Waals surface area (Å²) in [5, 5.41) is 0. The molecule has 13 heteroatoms. The van der Waals surface area contributed by atoms with Gasteiger partial charge in [-0.2, -0.15) is 19.0 Å². The SMILES string of the molecule is CN1c2cc(-c3cccc(N4CCS(O)(O)CC4)c3)ccc2N(Cc2ccc(OC(F)(F)F)cc2)S1(=O)=O. The van der Waals surface area contributed by atoms with E-state index in [9.17, 15) is 30.7 Å². The summed E-state index contributed by atoms with van der Waals surface area (Å²) in [6.45, 7) is 1.01. The van der Waals surface area contributed by atoms with Crippen molar-refractivity contribution in [3.05, 3.63) is 72.3 Å². The topological polar surface area (TPSA) is 93.5 Å². The maximum atomic E-state index is 13.2. The molecule has 3 aromatic rings. The Morgan fingerprint density at radius 1 is 0.895 bits per heavy atom. The summed E-state index contributed by atoms with van der Waals surface area (Å²) < 4.78 is 89.8. The molecule has 0 aliphatic carbocycles. The lowest BCUT2D eigenvalue weighted by atomic mass is 10.0. The molecular formula is C25H26F3N3O5S2. The van der Waals surface area contributed by atoms with Gasteiger partial charge >= 0.3 is 16.6 Å². The van der Waals surface area contributed by atoms with E-state index in [1.165, 1.54) is 27.8 Å². The van der Waals surface area contributed by atoms with Gasteiger partial charge in [0.15, 0.2) is 0 Å². The van der Waals surface area contributed by atoms with E-state index in [1.54, 1.807) is 12.1 Å². The molecule has 2 N–H and O–H groups in total. The zero-order valence-electron chi connectivity index (χ0n) is 20.3. The van der Waals surface area contributed by atoms with Gasteiger partial charge in [-0.25, -0.2) is 4.31 Å². The van der Waals surface area contributed by atoms with Crippen LogP contribution in [0.15, 0.2) is 66.7 Å². The van der Waals surface area contributed by atoms with Gasteiger partial charge in [-0.15, -0.1) is 13.2 Å². The van der Waals surface area contributed by atoms with E-state index in [-0.39, 0.29) is 12.3 Å². The molecule has 38 heavy (non-hydrogen) atoms. The summed E-state index contributed by atoms with van der Waals surface area (Å²) in [5.74, 6) is 0.270. The van der Waals surface area contributed by atoms with Gasteiger partial charge in [-0.3, -0.25) is 13.4 Å². The fraction of sp³-hybridized carbons (Fsp3) is 0.280. The van der Waals surface area contributed by atoms with Crippen LogP contribution in [0.3, 0.4) is 0 Å². The van der Waals surface area contributed by atoms with Crippen molar-refractivity contribution in [3.63, 3.8) is 0 Å². The minimum Gasteiger partial charge on any atom is -0.406 e. The first-order chi connectivity index (χ1) is 17.8. The van der Waals surface area contributed by atoms with E-state index in [2.05, 4.69) is 9.64 Å². The summed E-state index contributed by atoms with van der Waals surface area (Å²) in [6.07, 6.45) is -4.81. The molecule has 2 aliphatic heterocycles. The third-order valence-corrected chi connectivity index (χ3v) is 10.1. The highest BCUT2D eigenvalue weighted by atomic mass is 32.3. The Balaban J connectivity index is 1.39. The molecule has 5 rings (SSSR count). The van der Waals surface area contributed by atoms with Crippen molar-refractivity contribution in [2.24, 2.45) is 0 Å². The van der Waals surface area contributed by atoms with Crippen molar-refractivity contribution in [1.29, 1.82) is 0 Å². The largest absolute Gasteiger partial charge is 0.573 e. The monoisotopic (exact) mass is 569 g/mol. The predicted molar refractivity (Wildman–Crippen MR) is 143 cm³/mol.